The molecule has 4 heteroatoms. The van der Waals surface area contributed by atoms with Gasteiger partial charge in [-0.3, -0.25) is 4.79 Å². The lowest BCUT2D eigenvalue weighted by molar-refractivity contribution is -0.123. The molecule has 0 aromatic carbocycles. The zero-order valence-corrected chi connectivity index (χ0v) is 10.3. The predicted molar refractivity (Wildman–Crippen MR) is 64.4 cm³/mol. The van der Waals surface area contributed by atoms with Crippen LogP contribution >= 0.6 is 0 Å². The molecule has 0 spiro atoms. The Morgan fingerprint density at radius 3 is 3.00 bits per heavy atom. The summed E-state index contributed by atoms with van der Waals surface area (Å²) < 4.78 is 5.38. The maximum atomic E-state index is 11.7. The fraction of sp³-hybridized carbons (Fsp3) is 0.917. The molecule has 0 bridgehead atoms. The minimum absolute atomic E-state index is 0.0180. The molecule has 1 heterocycles. The summed E-state index contributed by atoms with van der Waals surface area (Å²) in [5.74, 6) is 0.124. The highest BCUT2D eigenvalue weighted by atomic mass is 16.5. The molecule has 94 valence electrons. The molecule has 0 aromatic rings. The molecule has 0 aliphatic carbocycles. The van der Waals surface area contributed by atoms with Crippen molar-refractivity contribution in [2.45, 2.75) is 45.1 Å². The molecule has 0 saturated carbocycles. The lowest BCUT2D eigenvalue weighted by atomic mass is 10.0. The van der Waals surface area contributed by atoms with Crippen molar-refractivity contribution in [2.75, 3.05) is 26.3 Å². The minimum atomic E-state index is 0.0180. The Balaban J connectivity index is 1.97. The minimum Gasteiger partial charge on any atom is -0.380 e. The lowest BCUT2D eigenvalue weighted by Gasteiger charge is -2.22. The Bertz CT molecular complexity index is 191. The molecule has 2 N–H and O–H groups in total. The van der Waals surface area contributed by atoms with Crippen molar-refractivity contribution in [3.05, 3.63) is 0 Å². The molecule has 1 saturated heterocycles. The van der Waals surface area contributed by atoms with Gasteiger partial charge in [-0.05, 0) is 25.8 Å². The second-order valence-corrected chi connectivity index (χ2v) is 4.26. The Morgan fingerprint density at radius 2 is 2.31 bits per heavy atom. The SMILES string of the molecule is CCCCOCCNC(=O)C1CCCCN1. The molecule has 1 unspecified atom stereocenters. The summed E-state index contributed by atoms with van der Waals surface area (Å²) >= 11 is 0. The highest BCUT2D eigenvalue weighted by molar-refractivity contribution is 5.81. The maximum Gasteiger partial charge on any atom is 0.237 e. The topological polar surface area (TPSA) is 50.4 Å². The Hall–Kier alpha value is -0.610. The monoisotopic (exact) mass is 228 g/mol. The van der Waals surface area contributed by atoms with E-state index >= 15 is 0 Å². The summed E-state index contributed by atoms with van der Waals surface area (Å²) in [5.41, 5.74) is 0. The van der Waals surface area contributed by atoms with Crippen molar-refractivity contribution in [3.63, 3.8) is 0 Å². The molecule has 16 heavy (non-hydrogen) atoms. The number of piperidine rings is 1. The van der Waals surface area contributed by atoms with Crippen molar-refractivity contribution < 1.29 is 9.53 Å². The van der Waals surface area contributed by atoms with Crippen molar-refractivity contribution in [3.8, 4) is 0 Å². The summed E-state index contributed by atoms with van der Waals surface area (Å²) in [7, 11) is 0. The van der Waals surface area contributed by atoms with Gasteiger partial charge in [-0.25, -0.2) is 0 Å². The van der Waals surface area contributed by atoms with Crippen LogP contribution in [0.4, 0.5) is 0 Å². The van der Waals surface area contributed by atoms with Crippen LogP contribution in [0.1, 0.15) is 39.0 Å². The van der Waals surface area contributed by atoms with Crippen molar-refractivity contribution in [2.24, 2.45) is 0 Å². The largest absolute Gasteiger partial charge is 0.380 e. The van der Waals surface area contributed by atoms with Crippen LogP contribution in [0.2, 0.25) is 0 Å². The average molecular weight is 228 g/mol. The Morgan fingerprint density at radius 1 is 1.44 bits per heavy atom. The van der Waals surface area contributed by atoms with E-state index in [0.29, 0.717) is 13.2 Å². The Labute approximate surface area is 98.1 Å². The first kappa shape index (κ1) is 13.5. The summed E-state index contributed by atoms with van der Waals surface area (Å²) in [5, 5.41) is 6.13. The number of carbonyl (C=O) groups is 1. The van der Waals surface area contributed by atoms with Gasteiger partial charge in [0, 0.05) is 13.2 Å². The van der Waals surface area contributed by atoms with Gasteiger partial charge in [-0.15, -0.1) is 0 Å². The predicted octanol–water partition coefficient (Wildman–Crippen LogP) is 1.06. The molecule has 1 aliphatic heterocycles. The molecule has 1 fully saturated rings. The van der Waals surface area contributed by atoms with Crippen LogP contribution in [0.25, 0.3) is 0 Å². The molecule has 0 aromatic heterocycles. The fourth-order valence-electron chi connectivity index (χ4n) is 1.79. The first-order chi connectivity index (χ1) is 7.84. The quantitative estimate of drug-likeness (QED) is 0.641. The van der Waals surface area contributed by atoms with Gasteiger partial charge < -0.3 is 15.4 Å². The molecular weight excluding hydrogens is 204 g/mol. The van der Waals surface area contributed by atoms with E-state index in [-0.39, 0.29) is 11.9 Å². The third-order valence-electron chi connectivity index (χ3n) is 2.81. The van der Waals surface area contributed by atoms with E-state index in [1.165, 1.54) is 6.42 Å². The van der Waals surface area contributed by atoms with E-state index in [9.17, 15) is 4.79 Å². The zero-order valence-electron chi connectivity index (χ0n) is 10.3. The van der Waals surface area contributed by atoms with Crippen molar-refractivity contribution >= 4 is 5.91 Å². The van der Waals surface area contributed by atoms with E-state index in [2.05, 4.69) is 17.6 Å². The van der Waals surface area contributed by atoms with Crippen LogP contribution < -0.4 is 10.6 Å². The second-order valence-electron chi connectivity index (χ2n) is 4.26. The molecule has 4 nitrogen and oxygen atoms in total. The van der Waals surface area contributed by atoms with Crippen LogP contribution in [0, 0.1) is 0 Å². The van der Waals surface area contributed by atoms with Crippen LogP contribution in [0.15, 0.2) is 0 Å². The molecule has 1 rings (SSSR count). The first-order valence-corrected chi connectivity index (χ1v) is 6.43. The van der Waals surface area contributed by atoms with Gasteiger partial charge in [0.2, 0.25) is 5.91 Å². The van der Waals surface area contributed by atoms with Crippen LogP contribution in [0.5, 0.6) is 0 Å². The molecule has 1 amide bonds. The van der Waals surface area contributed by atoms with Gasteiger partial charge in [0.25, 0.3) is 0 Å². The number of ether oxygens (including phenoxy) is 1. The summed E-state index contributed by atoms with van der Waals surface area (Å²) in [4.78, 5) is 11.7. The number of unbranched alkanes of at least 4 members (excludes halogenated alkanes) is 1. The van der Waals surface area contributed by atoms with E-state index in [0.717, 1.165) is 38.8 Å². The van der Waals surface area contributed by atoms with Gasteiger partial charge in [0.1, 0.15) is 0 Å². The summed E-state index contributed by atoms with van der Waals surface area (Å²) in [6.07, 6.45) is 5.54. The van der Waals surface area contributed by atoms with E-state index < -0.39 is 0 Å². The van der Waals surface area contributed by atoms with Gasteiger partial charge >= 0.3 is 0 Å². The summed E-state index contributed by atoms with van der Waals surface area (Å²) in [6, 6.07) is 0.0180. The first-order valence-electron chi connectivity index (χ1n) is 6.43. The second kappa shape index (κ2) is 8.53. The lowest BCUT2D eigenvalue weighted by Crippen LogP contribution is -2.47. The smallest absolute Gasteiger partial charge is 0.237 e. The van der Waals surface area contributed by atoms with Crippen LogP contribution in [0.3, 0.4) is 0 Å². The van der Waals surface area contributed by atoms with Gasteiger partial charge in [-0.2, -0.15) is 0 Å². The number of rotatable bonds is 7. The Kier molecular flexibility index (Phi) is 7.17. The van der Waals surface area contributed by atoms with E-state index in [1.54, 1.807) is 0 Å². The highest BCUT2D eigenvalue weighted by Gasteiger charge is 2.19. The number of carbonyl (C=O) groups excluding carboxylic acids is 1. The molecular formula is C12H24N2O2. The van der Waals surface area contributed by atoms with Crippen LogP contribution in [-0.2, 0) is 9.53 Å². The van der Waals surface area contributed by atoms with Gasteiger partial charge in [-0.1, -0.05) is 19.8 Å². The molecule has 1 aliphatic rings. The number of amides is 1. The summed E-state index contributed by atoms with van der Waals surface area (Å²) in [6.45, 7) is 5.15. The third-order valence-corrected chi connectivity index (χ3v) is 2.81. The number of hydrogen-bond acceptors (Lipinski definition) is 3. The highest BCUT2D eigenvalue weighted by Crippen LogP contribution is 2.06. The van der Waals surface area contributed by atoms with E-state index in [1.807, 2.05) is 0 Å². The molecule has 1 atom stereocenters. The van der Waals surface area contributed by atoms with Crippen LogP contribution in [-0.4, -0.2) is 38.3 Å². The van der Waals surface area contributed by atoms with Crippen molar-refractivity contribution in [1.82, 2.24) is 10.6 Å². The number of nitrogens with one attached hydrogen (secondary N) is 2. The average Bonchev–Trinajstić information content (AvgIpc) is 2.34. The standard InChI is InChI=1S/C12H24N2O2/c1-2-3-9-16-10-8-14-12(15)11-6-4-5-7-13-11/h11,13H,2-10H2,1H3,(H,14,15). The van der Waals surface area contributed by atoms with E-state index in [4.69, 9.17) is 4.74 Å². The van der Waals surface area contributed by atoms with Crippen molar-refractivity contribution in [1.29, 1.82) is 0 Å². The van der Waals surface area contributed by atoms with Gasteiger partial charge in [0.05, 0.1) is 12.6 Å². The fourth-order valence-corrected chi connectivity index (χ4v) is 1.79. The number of hydrogen-bond donors (Lipinski definition) is 2. The molecule has 0 radical (unpaired) electrons. The zero-order chi connectivity index (χ0) is 11.6. The maximum absolute atomic E-state index is 11.7. The normalized spacial score (nSPS) is 20.7. The third kappa shape index (κ3) is 5.47. The van der Waals surface area contributed by atoms with Gasteiger partial charge in [0.15, 0.2) is 0 Å².